The molecule has 0 bridgehead atoms. The second-order valence-electron chi connectivity index (χ2n) is 3.49. The van der Waals surface area contributed by atoms with E-state index in [-0.39, 0.29) is 0 Å². The summed E-state index contributed by atoms with van der Waals surface area (Å²) in [6.07, 6.45) is 20.5. The molecule has 1 heteroatoms. The van der Waals surface area contributed by atoms with Crippen molar-refractivity contribution in [3.8, 4) is 0 Å². The molecule has 0 aliphatic heterocycles. The van der Waals surface area contributed by atoms with Crippen molar-refractivity contribution in [1.82, 2.24) is 0 Å². The van der Waals surface area contributed by atoms with Crippen LogP contribution < -0.4 is 0 Å². The van der Waals surface area contributed by atoms with Crippen LogP contribution in [0.3, 0.4) is 0 Å². The van der Waals surface area contributed by atoms with Crippen molar-refractivity contribution in [2.75, 3.05) is 0 Å². The van der Waals surface area contributed by atoms with E-state index in [9.17, 15) is 4.79 Å². The molecule has 0 N–H and O–H groups in total. The van der Waals surface area contributed by atoms with Crippen LogP contribution in [0.1, 0.15) is 45.4 Å². The van der Waals surface area contributed by atoms with Crippen molar-refractivity contribution in [3.05, 3.63) is 36.5 Å². The molecule has 0 heterocycles. The minimum atomic E-state index is 1.15. The molecule has 0 aromatic carbocycles. The maximum absolute atomic E-state index is 9.80. The Morgan fingerprint density at radius 3 is 2.40 bits per heavy atom. The predicted octanol–water partition coefficient (Wildman–Crippen LogP) is 4.13. The van der Waals surface area contributed by atoms with Gasteiger partial charge in [0.25, 0.3) is 0 Å². The molecule has 1 nitrogen and oxygen atoms in total. The number of allylic oxidation sites excluding steroid dienone is 6. The number of hydrogen-bond donors (Lipinski definition) is 0. The van der Waals surface area contributed by atoms with Gasteiger partial charge in [-0.1, -0.05) is 63.0 Å². The van der Waals surface area contributed by atoms with Gasteiger partial charge in [-0.2, -0.15) is 0 Å². The van der Waals surface area contributed by atoms with Crippen molar-refractivity contribution in [1.29, 1.82) is 0 Å². The first kappa shape index (κ1) is 13.9. The van der Waals surface area contributed by atoms with Crippen molar-refractivity contribution in [2.45, 2.75) is 45.4 Å². The maximum Gasteiger partial charge on any atom is 0.225 e. The highest BCUT2D eigenvalue weighted by molar-refractivity contribution is 5.66. The van der Waals surface area contributed by atoms with Crippen molar-refractivity contribution >= 4 is 6.29 Å². The van der Waals surface area contributed by atoms with Crippen molar-refractivity contribution in [2.24, 2.45) is 0 Å². The lowest BCUT2D eigenvalue weighted by Crippen LogP contribution is -1.75. The Morgan fingerprint density at radius 2 is 1.67 bits per heavy atom. The molecule has 0 unspecified atom stereocenters. The van der Waals surface area contributed by atoms with E-state index in [1.807, 2.05) is 18.2 Å². The minimum Gasteiger partial charge on any atom is -0.286 e. The van der Waals surface area contributed by atoms with Gasteiger partial charge in [-0.3, -0.25) is 4.79 Å². The largest absolute Gasteiger partial charge is 0.286 e. The molecule has 0 atom stereocenters. The van der Waals surface area contributed by atoms with Gasteiger partial charge in [-0.25, -0.2) is 0 Å². The average Bonchev–Trinajstić information content (AvgIpc) is 2.26. The summed E-state index contributed by atoms with van der Waals surface area (Å²) in [5.41, 5.74) is 0. The summed E-state index contributed by atoms with van der Waals surface area (Å²) in [5.74, 6) is 0. The summed E-state index contributed by atoms with van der Waals surface area (Å²) < 4.78 is 0. The van der Waals surface area contributed by atoms with E-state index in [0.717, 1.165) is 6.42 Å². The van der Waals surface area contributed by atoms with E-state index in [0.29, 0.717) is 0 Å². The smallest absolute Gasteiger partial charge is 0.225 e. The molecule has 15 heavy (non-hydrogen) atoms. The zero-order chi connectivity index (χ0) is 11.2. The van der Waals surface area contributed by atoms with E-state index in [1.54, 1.807) is 12.4 Å². The molecule has 0 fully saturated rings. The van der Waals surface area contributed by atoms with Crippen LogP contribution in [0.5, 0.6) is 0 Å². The maximum atomic E-state index is 9.80. The number of hydrogen-bond acceptors (Lipinski definition) is 1. The van der Waals surface area contributed by atoms with Gasteiger partial charge in [0.1, 0.15) is 0 Å². The van der Waals surface area contributed by atoms with E-state index >= 15 is 0 Å². The van der Waals surface area contributed by atoms with Gasteiger partial charge in [-0.15, -0.1) is 0 Å². The molecule has 0 amide bonds. The third-order valence-electron chi connectivity index (χ3n) is 2.11. The Bertz CT molecular complexity index is 211. The molecule has 0 aliphatic carbocycles. The van der Waals surface area contributed by atoms with Crippen molar-refractivity contribution < 1.29 is 4.79 Å². The Labute approximate surface area is 93.6 Å². The topological polar surface area (TPSA) is 17.1 Å². The number of rotatable bonds is 9. The first-order valence-electron chi connectivity index (χ1n) is 5.77. The summed E-state index contributed by atoms with van der Waals surface area (Å²) in [6, 6.07) is 0. The van der Waals surface area contributed by atoms with E-state index in [2.05, 4.69) is 13.0 Å². The summed E-state index contributed by atoms with van der Waals surface area (Å²) in [5, 5.41) is 0. The lowest BCUT2D eigenvalue weighted by Gasteiger charge is -1.95. The lowest BCUT2D eigenvalue weighted by molar-refractivity contribution is 0.564. The van der Waals surface area contributed by atoms with Gasteiger partial charge in [0, 0.05) is 0 Å². The van der Waals surface area contributed by atoms with E-state index in [4.69, 9.17) is 0 Å². The summed E-state index contributed by atoms with van der Waals surface area (Å²) in [4.78, 5) is 9.80. The molecule has 0 saturated carbocycles. The van der Waals surface area contributed by atoms with E-state index in [1.165, 1.54) is 38.2 Å². The van der Waals surface area contributed by atoms with Crippen LogP contribution >= 0.6 is 0 Å². The monoisotopic (exact) mass is 205 g/mol. The lowest BCUT2D eigenvalue weighted by atomic mass is 10.1. The zero-order valence-corrected chi connectivity index (χ0v) is 9.61. The molecule has 0 aliphatic rings. The predicted molar refractivity (Wildman–Crippen MR) is 66.5 cm³/mol. The molecule has 0 saturated heterocycles. The van der Waals surface area contributed by atoms with Crippen LogP contribution in [-0.2, 0) is 4.79 Å². The first-order valence-corrected chi connectivity index (χ1v) is 5.77. The second-order valence-corrected chi connectivity index (χ2v) is 3.49. The SMILES string of the molecule is CCCCCCC/C=C/C=C/C=C/[C]=O. The van der Waals surface area contributed by atoms with Gasteiger partial charge in [0.05, 0.1) is 0 Å². The summed E-state index contributed by atoms with van der Waals surface area (Å²) in [7, 11) is 0. The van der Waals surface area contributed by atoms with Crippen LogP contribution in [0.2, 0.25) is 0 Å². The Morgan fingerprint density at radius 1 is 0.933 bits per heavy atom. The average molecular weight is 205 g/mol. The van der Waals surface area contributed by atoms with Crippen LogP contribution in [-0.4, -0.2) is 6.29 Å². The van der Waals surface area contributed by atoms with Crippen LogP contribution in [0.25, 0.3) is 0 Å². The highest BCUT2D eigenvalue weighted by Gasteiger charge is 1.85. The fourth-order valence-electron chi connectivity index (χ4n) is 1.26. The quantitative estimate of drug-likeness (QED) is 0.314. The highest BCUT2D eigenvalue weighted by Crippen LogP contribution is 2.05. The molecule has 0 aromatic heterocycles. The molecule has 0 aromatic rings. The Kier molecular flexibility index (Phi) is 11.9. The molecular formula is C14H21O. The Balaban J connectivity index is 3.27. The van der Waals surface area contributed by atoms with Gasteiger partial charge < -0.3 is 0 Å². The van der Waals surface area contributed by atoms with Gasteiger partial charge in [0.15, 0.2) is 0 Å². The van der Waals surface area contributed by atoms with Crippen molar-refractivity contribution in [3.63, 3.8) is 0 Å². The van der Waals surface area contributed by atoms with Crippen LogP contribution in [0.4, 0.5) is 0 Å². The van der Waals surface area contributed by atoms with E-state index < -0.39 is 0 Å². The first-order chi connectivity index (χ1) is 7.41. The zero-order valence-electron chi connectivity index (χ0n) is 9.61. The third-order valence-corrected chi connectivity index (χ3v) is 2.11. The normalized spacial score (nSPS) is 12.1. The van der Waals surface area contributed by atoms with Crippen LogP contribution in [0.15, 0.2) is 36.5 Å². The standard InChI is InChI=1S/C14H21O/c1-2-3-4-5-6-7-8-9-10-11-12-13-14-15/h8-13H,2-7H2,1H3/b9-8+,11-10+,13-12+. The van der Waals surface area contributed by atoms with Gasteiger partial charge in [0.2, 0.25) is 6.29 Å². The third kappa shape index (κ3) is 12.9. The molecular weight excluding hydrogens is 184 g/mol. The van der Waals surface area contributed by atoms with Crippen LogP contribution in [0, 0.1) is 0 Å². The number of unbranched alkanes of at least 4 members (excludes halogenated alkanes) is 5. The number of carbonyl (C=O) groups excluding carboxylic acids is 1. The fraction of sp³-hybridized carbons (Fsp3) is 0.500. The van der Waals surface area contributed by atoms with Gasteiger partial charge in [-0.05, 0) is 18.9 Å². The molecule has 1 radical (unpaired) electrons. The fourth-order valence-corrected chi connectivity index (χ4v) is 1.26. The minimum absolute atomic E-state index is 1.15. The molecule has 0 spiro atoms. The molecule has 83 valence electrons. The van der Waals surface area contributed by atoms with Gasteiger partial charge >= 0.3 is 0 Å². The highest BCUT2D eigenvalue weighted by atomic mass is 16.1. The Hall–Kier alpha value is -1.11. The molecule has 0 rings (SSSR count). The summed E-state index contributed by atoms with van der Waals surface area (Å²) >= 11 is 0. The second kappa shape index (κ2) is 12.9. The summed E-state index contributed by atoms with van der Waals surface area (Å²) in [6.45, 7) is 2.23.